The van der Waals surface area contributed by atoms with Crippen LogP contribution in [0.2, 0.25) is 0 Å². The predicted octanol–water partition coefficient (Wildman–Crippen LogP) is 1.80. The lowest BCUT2D eigenvalue weighted by Crippen LogP contribution is -2.42. The number of halogens is 2. The third-order valence-electron chi connectivity index (χ3n) is 3.04. The number of hydrogen-bond acceptors (Lipinski definition) is 3. The van der Waals surface area contributed by atoms with E-state index < -0.39 is 5.82 Å². The fourth-order valence-corrected chi connectivity index (χ4v) is 2.82. The standard InChI is InChI=1S/C13H18FN3OS.HI/c14-12-2-1-10(7-11(12)9-18)8-16-13(15)17-3-5-19-6-4-17;/h1-2,7,18H,3-6,8-9H2,(H2,15,16);1H. The fourth-order valence-electron chi connectivity index (χ4n) is 1.91. The highest BCUT2D eigenvalue weighted by Gasteiger charge is 2.12. The molecule has 0 amide bonds. The third kappa shape index (κ3) is 4.78. The van der Waals surface area contributed by atoms with Gasteiger partial charge in [0.1, 0.15) is 5.82 Å². The zero-order valence-electron chi connectivity index (χ0n) is 11.1. The SMILES string of the molecule is I.NC(=NCc1ccc(F)c(CO)c1)N1CCSCC1. The van der Waals surface area contributed by atoms with Gasteiger partial charge < -0.3 is 15.7 Å². The van der Waals surface area contributed by atoms with E-state index in [0.29, 0.717) is 18.1 Å². The second-order valence-electron chi connectivity index (χ2n) is 4.36. The Bertz CT molecular complexity index is 467. The number of aliphatic hydroxyl groups excluding tert-OH is 1. The van der Waals surface area contributed by atoms with E-state index in [9.17, 15) is 4.39 Å². The van der Waals surface area contributed by atoms with E-state index in [2.05, 4.69) is 9.89 Å². The van der Waals surface area contributed by atoms with Gasteiger partial charge in [0.25, 0.3) is 0 Å². The topological polar surface area (TPSA) is 61.9 Å². The van der Waals surface area contributed by atoms with Gasteiger partial charge in [-0.3, -0.25) is 0 Å². The van der Waals surface area contributed by atoms with Crippen molar-refractivity contribution in [3.8, 4) is 0 Å². The summed E-state index contributed by atoms with van der Waals surface area (Å²) in [4.78, 5) is 6.39. The molecule has 1 saturated heterocycles. The van der Waals surface area contributed by atoms with Crippen LogP contribution in [-0.2, 0) is 13.2 Å². The zero-order chi connectivity index (χ0) is 13.7. The van der Waals surface area contributed by atoms with Gasteiger partial charge in [0.05, 0.1) is 13.2 Å². The second kappa shape index (κ2) is 8.68. The highest BCUT2D eigenvalue weighted by atomic mass is 127. The van der Waals surface area contributed by atoms with Crippen molar-refractivity contribution in [1.29, 1.82) is 0 Å². The van der Waals surface area contributed by atoms with Crippen molar-refractivity contribution < 1.29 is 9.50 Å². The fraction of sp³-hybridized carbons (Fsp3) is 0.462. The number of aliphatic hydroxyl groups is 1. The van der Waals surface area contributed by atoms with Gasteiger partial charge in [-0.2, -0.15) is 11.8 Å². The Kier molecular flexibility index (Phi) is 7.60. The molecule has 0 saturated carbocycles. The predicted molar refractivity (Wildman–Crippen MR) is 92.0 cm³/mol. The Hall–Kier alpha value is -0.540. The molecule has 1 aliphatic heterocycles. The number of hydrogen-bond donors (Lipinski definition) is 2. The summed E-state index contributed by atoms with van der Waals surface area (Å²) in [6.45, 7) is 1.95. The Labute approximate surface area is 139 Å². The van der Waals surface area contributed by atoms with E-state index in [4.69, 9.17) is 10.8 Å². The van der Waals surface area contributed by atoms with Crippen molar-refractivity contribution in [3.63, 3.8) is 0 Å². The summed E-state index contributed by atoms with van der Waals surface area (Å²) in [6.07, 6.45) is 0. The van der Waals surface area contributed by atoms with Crippen LogP contribution in [0.25, 0.3) is 0 Å². The van der Waals surface area contributed by atoms with Gasteiger partial charge in [-0.05, 0) is 17.7 Å². The first-order valence-electron chi connectivity index (χ1n) is 6.21. The Balaban J connectivity index is 0.00000200. The molecule has 20 heavy (non-hydrogen) atoms. The van der Waals surface area contributed by atoms with Crippen LogP contribution in [0.15, 0.2) is 23.2 Å². The Morgan fingerprint density at radius 1 is 1.40 bits per heavy atom. The first kappa shape index (κ1) is 17.5. The van der Waals surface area contributed by atoms with Gasteiger partial charge in [-0.15, -0.1) is 24.0 Å². The summed E-state index contributed by atoms with van der Waals surface area (Å²) in [6, 6.07) is 4.64. The second-order valence-corrected chi connectivity index (χ2v) is 5.58. The minimum atomic E-state index is -0.392. The number of thioether (sulfide) groups is 1. The maximum absolute atomic E-state index is 13.2. The summed E-state index contributed by atoms with van der Waals surface area (Å²) < 4.78 is 13.2. The highest BCUT2D eigenvalue weighted by Crippen LogP contribution is 2.12. The molecule has 0 aromatic heterocycles. The van der Waals surface area contributed by atoms with Crippen LogP contribution < -0.4 is 5.73 Å². The van der Waals surface area contributed by atoms with Crippen LogP contribution in [-0.4, -0.2) is 40.6 Å². The molecule has 7 heteroatoms. The summed E-state index contributed by atoms with van der Waals surface area (Å²) >= 11 is 1.92. The molecular weight excluding hydrogens is 392 g/mol. The molecule has 1 heterocycles. The lowest BCUT2D eigenvalue weighted by molar-refractivity contribution is 0.275. The molecule has 1 fully saturated rings. The van der Waals surface area contributed by atoms with Crippen LogP contribution in [0.4, 0.5) is 4.39 Å². The van der Waals surface area contributed by atoms with Gasteiger partial charge in [-0.1, -0.05) is 6.07 Å². The smallest absolute Gasteiger partial charge is 0.191 e. The molecule has 0 unspecified atom stereocenters. The van der Waals surface area contributed by atoms with E-state index in [1.54, 1.807) is 12.1 Å². The van der Waals surface area contributed by atoms with Crippen LogP contribution in [0.5, 0.6) is 0 Å². The van der Waals surface area contributed by atoms with Crippen LogP contribution in [0.1, 0.15) is 11.1 Å². The first-order chi connectivity index (χ1) is 9.20. The number of nitrogens with two attached hydrogens (primary N) is 1. The average molecular weight is 411 g/mol. The first-order valence-corrected chi connectivity index (χ1v) is 7.37. The summed E-state index contributed by atoms with van der Waals surface area (Å²) in [5, 5.41) is 9.01. The lowest BCUT2D eigenvalue weighted by atomic mass is 10.1. The molecule has 3 N–H and O–H groups in total. The van der Waals surface area contributed by atoms with Gasteiger partial charge in [0.15, 0.2) is 5.96 Å². The largest absolute Gasteiger partial charge is 0.392 e. The van der Waals surface area contributed by atoms with Crippen LogP contribution >= 0.6 is 35.7 Å². The Morgan fingerprint density at radius 2 is 2.10 bits per heavy atom. The molecule has 0 atom stereocenters. The molecule has 4 nitrogen and oxygen atoms in total. The van der Waals surface area contributed by atoms with Crippen LogP contribution in [0.3, 0.4) is 0 Å². The zero-order valence-corrected chi connectivity index (χ0v) is 14.2. The lowest BCUT2D eigenvalue weighted by Gasteiger charge is -2.27. The molecule has 1 aromatic rings. The van der Waals surface area contributed by atoms with Gasteiger partial charge in [0, 0.05) is 30.2 Å². The molecular formula is C13H19FIN3OS. The molecule has 0 aliphatic carbocycles. The van der Waals surface area contributed by atoms with Crippen molar-refractivity contribution in [2.45, 2.75) is 13.2 Å². The molecule has 0 radical (unpaired) electrons. The van der Waals surface area contributed by atoms with Crippen molar-refractivity contribution in [2.75, 3.05) is 24.6 Å². The number of benzene rings is 1. The van der Waals surface area contributed by atoms with Gasteiger partial charge >= 0.3 is 0 Å². The number of nitrogens with zero attached hydrogens (tertiary/aromatic N) is 2. The van der Waals surface area contributed by atoms with Crippen molar-refractivity contribution >= 4 is 41.7 Å². The third-order valence-corrected chi connectivity index (χ3v) is 3.98. The van der Waals surface area contributed by atoms with E-state index in [0.717, 1.165) is 30.2 Å². The average Bonchev–Trinajstić information content (AvgIpc) is 2.47. The highest BCUT2D eigenvalue weighted by molar-refractivity contribution is 14.0. The summed E-state index contributed by atoms with van der Waals surface area (Å²) in [7, 11) is 0. The minimum absolute atomic E-state index is 0. The molecule has 112 valence electrons. The normalized spacial score (nSPS) is 15.9. The Morgan fingerprint density at radius 3 is 2.75 bits per heavy atom. The maximum Gasteiger partial charge on any atom is 0.191 e. The maximum atomic E-state index is 13.2. The molecule has 0 bridgehead atoms. The number of guanidine groups is 1. The van der Waals surface area contributed by atoms with E-state index in [1.807, 2.05) is 11.8 Å². The quantitative estimate of drug-likeness (QED) is 0.453. The van der Waals surface area contributed by atoms with E-state index >= 15 is 0 Å². The molecule has 1 aliphatic rings. The minimum Gasteiger partial charge on any atom is -0.392 e. The van der Waals surface area contributed by atoms with E-state index in [-0.39, 0.29) is 30.6 Å². The van der Waals surface area contributed by atoms with Crippen molar-refractivity contribution in [2.24, 2.45) is 10.7 Å². The van der Waals surface area contributed by atoms with Gasteiger partial charge in [-0.25, -0.2) is 9.38 Å². The van der Waals surface area contributed by atoms with Crippen LogP contribution in [0, 0.1) is 5.82 Å². The molecule has 1 aromatic carbocycles. The van der Waals surface area contributed by atoms with E-state index in [1.165, 1.54) is 6.07 Å². The summed E-state index contributed by atoms with van der Waals surface area (Å²) in [5.74, 6) is 2.29. The monoisotopic (exact) mass is 411 g/mol. The number of rotatable bonds is 3. The van der Waals surface area contributed by atoms with Crippen molar-refractivity contribution in [1.82, 2.24) is 4.90 Å². The van der Waals surface area contributed by atoms with Crippen molar-refractivity contribution in [3.05, 3.63) is 35.1 Å². The van der Waals surface area contributed by atoms with Gasteiger partial charge in [0.2, 0.25) is 0 Å². The molecule has 0 spiro atoms. The molecule has 2 rings (SSSR count). The number of aliphatic imine (C=N–C) groups is 1. The summed E-state index contributed by atoms with van der Waals surface area (Å²) in [5.41, 5.74) is 7.08.